The van der Waals surface area contributed by atoms with Crippen molar-refractivity contribution >= 4 is 11.9 Å². The van der Waals surface area contributed by atoms with Crippen LogP contribution in [0.5, 0.6) is 17.4 Å². The summed E-state index contributed by atoms with van der Waals surface area (Å²) in [7, 11) is 0. The van der Waals surface area contributed by atoms with Gasteiger partial charge in [-0.2, -0.15) is 0 Å². The molecule has 190 valence electrons. The number of carbonyl (C=O) groups excluding carboxylic acids is 1. The zero-order chi connectivity index (χ0) is 25.3. The van der Waals surface area contributed by atoms with Crippen molar-refractivity contribution in [2.75, 3.05) is 37.8 Å². The highest BCUT2D eigenvalue weighted by Crippen LogP contribution is 2.30. The molecule has 1 aliphatic rings. The Morgan fingerprint density at radius 3 is 2.64 bits per heavy atom. The van der Waals surface area contributed by atoms with E-state index < -0.39 is 0 Å². The van der Waals surface area contributed by atoms with Crippen LogP contribution in [-0.4, -0.2) is 53.8 Å². The fourth-order valence-corrected chi connectivity index (χ4v) is 3.84. The fourth-order valence-electron chi connectivity index (χ4n) is 3.84. The Kier molecular flexibility index (Phi) is 8.51. The number of anilines is 1. The molecule has 10 nitrogen and oxygen atoms in total. The van der Waals surface area contributed by atoms with Gasteiger partial charge >= 0.3 is 0 Å². The quantitative estimate of drug-likeness (QED) is 0.443. The minimum Gasteiger partial charge on any atom is -0.490 e. The molecule has 0 atom stereocenters. The summed E-state index contributed by atoms with van der Waals surface area (Å²) in [5, 5.41) is 2.87. The largest absolute Gasteiger partial charge is 0.490 e. The normalized spacial score (nSPS) is 13.3. The van der Waals surface area contributed by atoms with Gasteiger partial charge in [0.15, 0.2) is 11.5 Å². The lowest BCUT2D eigenvalue weighted by Gasteiger charge is -2.27. The van der Waals surface area contributed by atoms with E-state index in [0.29, 0.717) is 80.5 Å². The van der Waals surface area contributed by atoms with Crippen molar-refractivity contribution in [3.63, 3.8) is 0 Å². The van der Waals surface area contributed by atoms with Crippen LogP contribution in [-0.2, 0) is 22.5 Å². The number of pyridine rings is 1. The lowest BCUT2D eigenvalue weighted by atomic mass is 10.1. The van der Waals surface area contributed by atoms with Crippen LogP contribution >= 0.6 is 0 Å². The van der Waals surface area contributed by atoms with E-state index in [-0.39, 0.29) is 17.9 Å². The predicted molar refractivity (Wildman–Crippen MR) is 135 cm³/mol. The van der Waals surface area contributed by atoms with Gasteiger partial charge in [0.25, 0.3) is 5.56 Å². The number of nitrogens with one attached hydrogen (secondary N) is 2. The maximum absolute atomic E-state index is 12.6. The molecule has 2 N–H and O–H groups in total. The number of morpholine rings is 1. The summed E-state index contributed by atoms with van der Waals surface area (Å²) in [6, 6.07) is 11.0. The number of aromatic nitrogens is 3. The minimum atomic E-state index is -0.206. The molecule has 1 saturated heterocycles. The summed E-state index contributed by atoms with van der Waals surface area (Å²) >= 11 is 0. The van der Waals surface area contributed by atoms with Crippen LogP contribution in [0.3, 0.4) is 0 Å². The van der Waals surface area contributed by atoms with Crippen molar-refractivity contribution in [2.24, 2.45) is 0 Å². The number of H-pyrrole nitrogens is 1. The molecular formula is C26H31N5O5. The Balaban J connectivity index is 1.27. The Labute approximate surface area is 209 Å². The molecule has 0 aliphatic carbocycles. The average molecular weight is 494 g/mol. The van der Waals surface area contributed by atoms with E-state index >= 15 is 0 Å². The number of benzene rings is 1. The molecule has 36 heavy (non-hydrogen) atoms. The molecule has 0 saturated carbocycles. The van der Waals surface area contributed by atoms with Gasteiger partial charge in [-0.3, -0.25) is 14.6 Å². The second-order valence-corrected chi connectivity index (χ2v) is 8.32. The minimum absolute atomic E-state index is 0.156. The van der Waals surface area contributed by atoms with Crippen molar-refractivity contribution in [1.29, 1.82) is 0 Å². The molecule has 0 radical (unpaired) electrons. The second-order valence-electron chi connectivity index (χ2n) is 8.32. The zero-order valence-corrected chi connectivity index (χ0v) is 20.6. The lowest BCUT2D eigenvalue weighted by Crippen LogP contribution is -2.38. The summed E-state index contributed by atoms with van der Waals surface area (Å²) in [6.45, 7) is 7.17. The van der Waals surface area contributed by atoms with Crippen LogP contribution in [0.25, 0.3) is 0 Å². The Morgan fingerprint density at radius 1 is 1.17 bits per heavy atom. The van der Waals surface area contributed by atoms with E-state index in [1.807, 2.05) is 42.2 Å². The van der Waals surface area contributed by atoms with E-state index in [9.17, 15) is 9.59 Å². The van der Waals surface area contributed by atoms with Gasteiger partial charge in [-0.1, -0.05) is 18.2 Å². The SMILES string of the molecule is CCOc1ccccc1Oc1ccc(CNC(=O)CCc2c(C)nc(N3CCOCC3)[nH]c2=O)cn1. The molecule has 1 fully saturated rings. The molecule has 0 spiro atoms. The number of rotatable bonds is 10. The number of hydrogen-bond donors (Lipinski definition) is 2. The molecular weight excluding hydrogens is 462 g/mol. The smallest absolute Gasteiger partial charge is 0.255 e. The number of aryl methyl sites for hydroxylation is 1. The maximum Gasteiger partial charge on any atom is 0.255 e. The van der Waals surface area contributed by atoms with Gasteiger partial charge in [0.1, 0.15) is 0 Å². The first-order chi connectivity index (χ1) is 17.5. The van der Waals surface area contributed by atoms with Crippen molar-refractivity contribution in [3.05, 3.63) is 69.8 Å². The van der Waals surface area contributed by atoms with E-state index in [1.54, 1.807) is 19.2 Å². The van der Waals surface area contributed by atoms with Gasteiger partial charge in [0, 0.05) is 49.6 Å². The Morgan fingerprint density at radius 2 is 1.94 bits per heavy atom. The van der Waals surface area contributed by atoms with Crippen LogP contribution in [0.15, 0.2) is 47.4 Å². The fraction of sp³-hybridized carbons (Fsp3) is 0.385. The summed E-state index contributed by atoms with van der Waals surface area (Å²) in [5.74, 6) is 2.07. The van der Waals surface area contributed by atoms with Crippen LogP contribution in [0.4, 0.5) is 5.95 Å². The summed E-state index contributed by atoms with van der Waals surface area (Å²) < 4.78 is 16.7. The first-order valence-corrected chi connectivity index (χ1v) is 12.1. The van der Waals surface area contributed by atoms with Crippen LogP contribution < -0.4 is 25.2 Å². The third kappa shape index (κ3) is 6.60. The van der Waals surface area contributed by atoms with Crippen LogP contribution in [0.1, 0.15) is 30.2 Å². The standard InChI is InChI=1S/C26H31N5O5/c1-3-35-21-6-4-5-7-22(21)36-24-11-8-19(17-28-24)16-27-23(32)10-9-20-18(2)29-26(30-25(20)33)31-12-14-34-15-13-31/h4-8,11,17H,3,9-10,12-16H2,1-2H3,(H,27,32)(H,29,30,33). The predicted octanol–water partition coefficient (Wildman–Crippen LogP) is 2.75. The number of nitrogens with zero attached hydrogens (tertiary/aromatic N) is 3. The van der Waals surface area contributed by atoms with Crippen LogP contribution in [0.2, 0.25) is 0 Å². The number of hydrogen-bond acceptors (Lipinski definition) is 8. The number of para-hydroxylation sites is 2. The van der Waals surface area contributed by atoms with Gasteiger partial charge in [-0.25, -0.2) is 9.97 Å². The average Bonchev–Trinajstić information content (AvgIpc) is 2.89. The molecule has 0 unspecified atom stereocenters. The lowest BCUT2D eigenvalue weighted by molar-refractivity contribution is -0.121. The van der Waals surface area contributed by atoms with Gasteiger partial charge < -0.3 is 24.4 Å². The molecule has 1 aromatic carbocycles. The monoisotopic (exact) mass is 493 g/mol. The number of carbonyl (C=O) groups is 1. The summed E-state index contributed by atoms with van der Waals surface area (Å²) in [4.78, 5) is 38.7. The van der Waals surface area contributed by atoms with E-state index in [0.717, 1.165) is 5.56 Å². The Hall–Kier alpha value is -3.92. The van der Waals surface area contributed by atoms with Crippen molar-refractivity contribution in [3.8, 4) is 17.4 Å². The highest BCUT2D eigenvalue weighted by Gasteiger charge is 2.17. The van der Waals surface area contributed by atoms with Gasteiger partial charge in [-0.15, -0.1) is 0 Å². The highest BCUT2D eigenvalue weighted by atomic mass is 16.5. The van der Waals surface area contributed by atoms with Gasteiger partial charge in [0.05, 0.1) is 19.8 Å². The summed E-state index contributed by atoms with van der Waals surface area (Å²) in [6.07, 6.45) is 2.15. The first kappa shape index (κ1) is 25.2. The molecule has 10 heteroatoms. The highest BCUT2D eigenvalue weighted by molar-refractivity contribution is 5.76. The molecule has 0 bridgehead atoms. The topological polar surface area (TPSA) is 119 Å². The van der Waals surface area contributed by atoms with E-state index in [4.69, 9.17) is 14.2 Å². The van der Waals surface area contributed by atoms with E-state index in [1.165, 1.54) is 0 Å². The third-order valence-electron chi connectivity index (χ3n) is 5.77. The van der Waals surface area contributed by atoms with Crippen LogP contribution in [0, 0.1) is 6.92 Å². The summed E-state index contributed by atoms with van der Waals surface area (Å²) in [5.41, 5.74) is 1.79. The molecule has 2 aromatic heterocycles. The third-order valence-corrected chi connectivity index (χ3v) is 5.77. The van der Waals surface area contributed by atoms with Crippen molar-refractivity contribution in [2.45, 2.75) is 33.2 Å². The maximum atomic E-state index is 12.6. The molecule has 3 aromatic rings. The van der Waals surface area contributed by atoms with Crippen molar-refractivity contribution in [1.82, 2.24) is 20.3 Å². The number of amides is 1. The number of aromatic amines is 1. The van der Waals surface area contributed by atoms with Crippen molar-refractivity contribution < 1.29 is 19.0 Å². The Bertz CT molecular complexity index is 1220. The zero-order valence-electron chi connectivity index (χ0n) is 20.6. The molecule has 3 heterocycles. The van der Waals surface area contributed by atoms with E-state index in [2.05, 4.69) is 20.3 Å². The number of ether oxygens (including phenoxy) is 3. The van der Waals surface area contributed by atoms with Gasteiger partial charge in [-0.05, 0) is 38.0 Å². The first-order valence-electron chi connectivity index (χ1n) is 12.1. The molecule has 1 amide bonds. The second kappa shape index (κ2) is 12.2. The molecule has 1 aliphatic heterocycles. The molecule has 4 rings (SSSR count). The van der Waals surface area contributed by atoms with Gasteiger partial charge in [0.2, 0.25) is 17.7 Å².